The van der Waals surface area contributed by atoms with Gasteiger partial charge in [0.25, 0.3) is 0 Å². The topological polar surface area (TPSA) is 25.8 Å². The molecule has 6 heteroatoms. The number of hydrogen-bond acceptors (Lipinski definition) is 2. The highest BCUT2D eigenvalue weighted by Gasteiger charge is 2.33. The summed E-state index contributed by atoms with van der Waals surface area (Å²) in [6.45, 7) is 1.44. The molecule has 0 fully saturated rings. The summed E-state index contributed by atoms with van der Waals surface area (Å²) in [5.74, 6) is -0.553. The Kier molecular flexibility index (Phi) is 3.02. The average Bonchev–Trinajstić information content (AvgIpc) is 2.27. The van der Waals surface area contributed by atoms with Crippen molar-refractivity contribution in [2.24, 2.45) is 0 Å². The van der Waals surface area contributed by atoms with E-state index in [2.05, 4.69) is 9.97 Å². The minimum atomic E-state index is -4.53. The Hall–Kier alpha value is -1.98. The van der Waals surface area contributed by atoms with Gasteiger partial charge in [-0.25, -0.2) is 9.37 Å². The van der Waals surface area contributed by atoms with Gasteiger partial charge in [0.2, 0.25) is 0 Å². The lowest BCUT2D eigenvalue weighted by atomic mass is 10.1. The van der Waals surface area contributed by atoms with Crippen LogP contribution in [-0.4, -0.2) is 9.97 Å². The molecule has 0 spiro atoms. The van der Waals surface area contributed by atoms with Crippen LogP contribution in [0.1, 0.15) is 11.4 Å². The second kappa shape index (κ2) is 4.36. The van der Waals surface area contributed by atoms with Gasteiger partial charge in [0, 0.05) is 23.5 Å². The summed E-state index contributed by atoms with van der Waals surface area (Å²) in [6, 6.07) is 4.49. The van der Waals surface area contributed by atoms with Crippen molar-refractivity contribution < 1.29 is 17.6 Å². The van der Waals surface area contributed by atoms with Gasteiger partial charge in [0.15, 0.2) is 0 Å². The monoisotopic (exact) mass is 256 g/mol. The molecule has 0 aliphatic carbocycles. The second-order valence-corrected chi connectivity index (χ2v) is 3.74. The fourth-order valence-electron chi connectivity index (χ4n) is 1.52. The molecule has 0 aliphatic heterocycles. The van der Waals surface area contributed by atoms with Crippen LogP contribution in [0.2, 0.25) is 0 Å². The maximum Gasteiger partial charge on any atom is 0.433 e. The lowest BCUT2D eigenvalue weighted by molar-refractivity contribution is -0.141. The van der Waals surface area contributed by atoms with Crippen LogP contribution in [0.15, 0.2) is 30.5 Å². The molecule has 18 heavy (non-hydrogen) atoms. The molecule has 0 unspecified atom stereocenters. The normalized spacial score (nSPS) is 11.6. The zero-order chi connectivity index (χ0) is 13.3. The van der Waals surface area contributed by atoms with Crippen LogP contribution in [0.4, 0.5) is 17.6 Å². The van der Waals surface area contributed by atoms with Gasteiger partial charge in [-0.05, 0) is 25.1 Å². The first kappa shape index (κ1) is 12.5. The van der Waals surface area contributed by atoms with Crippen LogP contribution in [-0.2, 0) is 6.18 Å². The molecule has 0 radical (unpaired) electrons. The van der Waals surface area contributed by atoms with E-state index < -0.39 is 17.7 Å². The van der Waals surface area contributed by atoms with Crippen molar-refractivity contribution in [1.29, 1.82) is 0 Å². The zero-order valence-corrected chi connectivity index (χ0v) is 9.29. The molecule has 94 valence electrons. The Morgan fingerprint density at radius 1 is 1.11 bits per heavy atom. The Labute approximate surface area is 100 Å². The molecule has 0 saturated heterocycles. The number of pyridine rings is 2. The summed E-state index contributed by atoms with van der Waals surface area (Å²) < 4.78 is 50.8. The third kappa shape index (κ3) is 2.64. The van der Waals surface area contributed by atoms with E-state index in [4.69, 9.17) is 0 Å². The molecule has 2 heterocycles. The predicted molar refractivity (Wildman–Crippen MR) is 57.2 cm³/mol. The molecule has 2 aromatic heterocycles. The Morgan fingerprint density at radius 3 is 2.44 bits per heavy atom. The molecule has 0 atom stereocenters. The van der Waals surface area contributed by atoms with Crippen LogP contribution in [0, 0.1) is 12.7 Å². The summed E-state index contributed by atoms with van der Waals surface area (Å²) in [5, 5.41) is 0. The second-order valence-electron chi connectivity index (χ2n) is 3.74. The molecule has 0 aliphatic rings. The van der Waals surface area contributed by atoms with E-state index in [1.54, 1.807) is 0 Å². The van der Waals surface area contributed by atoms with Gasteiger partial charge in [-0.1, -0.05) is 0 Å². The molecule has 2 nitrogen and oxygen atoms in total. The molecule has 2 aromatic rings. The molecular weight excluding hydrogens is 248 g/mol. The highest BCUT2D eigenvalue weighted by Crippen LogP contribution is 2.30. The summed E-state index contributed by atoms with van der Waals surface area (Å²) in [6.07, 6.45) is -3.33. The molecule has 2 rings (SSSR count). The van der Waals surface area contributed by atoms with E-state index in [1.165, 1.54) is 19.2 Å². The van der Waals surface area contributed by atoms with Gasteiger partial charge in [-0.3, -0.25) is 4.98 Å². The van der Waals surface area contributed by atoms with Gasteiger partial charge in [-0.15, -0.1) is 0 Å². The molecular formula is C12H8F4N2. The smallest absolute Gasteiger partial charge is 0.256 e. The lowest BCUT2D eigenvalue weighted by Crippen LogP contribution is -2.09. The van der Waals surface area contributed by atoms with E-state index >= 15 is 0 Å². The van der Waals surface area contributed by atoms with Gasteiger partial charge >= 0.3 is 6.18 Å². The first-order valence-corrected chi connectivity index (χ1v) is 5.04. The fraction of sp³-hybridized carbons (Fsp3) is 0.167. The van der Waals surface area contributed by atoms with Crippen molar-refractivity contribution in [3.63, 3.8) is 0 Å². The van der Waals surface area contributed by atoms with Crippen molar-refractivity contribution in [3.8, 4) is 11.3 Å². The van der Waals surface area contributed by atoms with E-state index in [9.17, 15) is 17.6 Å². The van der Waals surface area contributed by atoms with Crippen LogP contribution in [0.3, 0.4) is 0 Å². The van der Waals surface area contributed by atoms with E-state index in [-0.39, 0.29) is 17.0 Å². The third-order valence-corrected chi connectivity index (χ3v) is 2.26. The number of alkyl halides is 3. The average molecular weight is 256 g/mol. The van der Waals surface area contributed by atoms with E-state index in [0.717, 1.165) is 18.2 Å². The van der Waals surface area contributed by atoms with Crippen molar-refractivity contribution >= 4 is 0 Å². The van der Waals surface area contributed by atoms with Crippen LogP contribution >= 0.6 is 0 Å². The highest BCUT2D eigenvalue weighted by molar-refractivity contribution is 5.60. The SMILES string of the molecule is Cc1cc(-c2cc(F)ccn2)cc(C(F)(F)F)n1. The first-order valence-electron chi connectivity index (χ1n) is 5.04. The number of halogens is 4. The first-order chi connectivity index (χ1) is 8.36. The zero-order valence-electron chi connectivity index (χ0n) is 9.29. The van der Waals surface area contributed by atoms with Crippen molar-refractivity contribution in [1.82, 2.24) is 9.97 Å². The van der Waals surface area contributed by atoms with Crippen LogP contribution in [0.25, 0.3) is 11.3 Å². The molecule has 0 aromatic carbocycles. The number of nitrogens with zero attached hydrogens (tertiary/aromatic N) is 2. The number of hydrogen-bond donors (Lipinski definition) is 0. The summed E-state index contributed by atoms with van der Waals surface area (Å²) in [7, 11) is 0. The summed E-state index contributed by atoms with van der Waals surface area (Å²) in [5.41, 5.74) is -0.477. The molecule has 0 N–H and O–H groups in total. The summed E-state index contributed by atoms with van der Waals surface area (Å²) >= 11 is 0. The van der Waals surface area contributed by atoms with Crippen LogP contribution < -0.4 is 0 Å². The minimum Gasteiger partial charge on any atom is -0.256 e. The van der Waals surface area contributed by atoms with E-state index in [1.807, 2.05) is 0 Å². The maximum absolute atomic E-state index is 13.0. The standard InChI is InChI=1S/C12H8F4N2/c1-7-4-8(5-11(18-7)12(14,15)16)10-6-9(13)2-3-17-10/h2-6H,1H3. The lowest BCUT2D eigenvalue weighted by Gasteiger charge is -2.09. The Balaban J connectivity index is 2.55. The highest BCUT2D eigenvalue weighted by atomic mass is 19.4. The summed E-state index contributed by atoms with van der Waals surface area (Å²) in [4.78, 5) is 7.25. The number of rotatable bonds is 1. The molecule has 0 amide bonds. The fourth-order valence-corrected chi connectivity index (χ4v) is 1.52. The van der Waals surface area contributed by atoms with Crippen molar-refractivity contribution in [2.45, 2.75) is 13.1 Å². The maximum atomic E-state index is 13.0. The minimum absolute atomic E-state index is 0.144. The van der Waals surface area contributed by atoms with E-state index in [0.29, 0.717) is 0 Å². The van der Waals surface area contributed by atoms with Gasteiger partial charge in [0.1, 0.15) is 11.5 Å². The van der Waals surface area contributed by atoms with Gasteiger partial charge < -0.3 is 0 Å². The largest absolute Gasteiger partial charge is 0.433 e. The predicted octanol–water partition coefficient (Wildman–Crippen LogP) is 3.61. The number of aryl methyl sites for hydroxylation is 1. The Morgan fingerprint density at radius 2 is 1.83 bits per heavy atom. The van der Waals surface area contributed by atoms with Crippen molar-refractivity contribution in [3.05, 3.63) is 47.7 Å². The Bertz CT molecular complexity index is 579. The molecule has 0 bridgehead atoms. The number of aromatic nitrogens is 2. The third-order valence-electron chi connectivity index (χ3n) is 2.26. The van der Waals surface area contributed by atoms with Crippen LogP contribution in [0.5, 0.6) is 0 Å². The van der Waals surface area contributed by atoms with Gasteiger partial charge in [0.05, 0.1) is 5.69 Å². The molecule has 0 saturated carbocycles. The van der Waals surface area contributed by atoms with Gasteiger partial charge in [-0.2, -0.15) is 13.2 Å². The van der Waals surface area contributed by atoms with Crippen molar-refractivity contribution in [2.75, 3.05) is 0 Å². The quantitative estimate of drug-likeness (QED) is 0.728.